The molecule has 0 spiro atoms. The van der Waals surface area contributed by atoms with E-state index in [2.05, 4.69) is 0 Å². The Labute approximate surface area is 179 Å². The lowest BCUT2D eigenvalue weighted by Gasteiger charge is -2.27. The Hall–Kier alpha value is -2.82. The third-order valence-corrected chi connectivity index (χ3v) is 4.00. The second-order valence-electron chi connectivity index (χ2n) is 6.47. The highest BCUT2D eigenvalue weighted by Gasteiger charge is 2.77. The Kier molecular flexibility index (Phi) is 7.81. The van der Waals surface area contributed by atoms with Crippen LogP contribution in [0.2, 0.25) is 0 Å². The van der Waals surface area contributed by atoms with E-state index in [-0.39, 0.29) is 11.1 Å². The maximum atomic E-state index is 13.2. The summed E-state index contributed by atoms with van der Waals surface area (Å²) in [5.74, 6) is -31.7. The van der Waals surface area contributed by atoms with Crippen LogP contribution >= 0.6 is 0 Å². The van der Waals surface area contributed by atoms with Crippen molar-refractivity contribution < 1.29 is 71.1 Å². The summed E-state index contributed by atoms with van der Waals surface area (Å²) in [7, 11) is 0. The van der Waals surface area contributed by atoms with Gasteiger partial charge in [-0.3, -0.25) is 9.59 Å². The molecule has 0 aliphatic heterocycles. The highest BCUT2D eigenvalue weighted by molar-refractivity contribution is 5.85. The topological polar surface area (TPSA) is 58.2 Å². The molecule has 1 aromatic rings. The van der Waals surface area contributed by atoms with Crippen molar-refractivity contribution in [1.82, 2.24) is 10.6 Å². The van der Waals surface area contributed by atoms with Crippen molar-refractivity contribution in [3.05, 3.63) is 35.4 Å². The van der Waals surface area contributed by atoms with Crippen LogP contribution in [0.5, 0.6) is 0 Å². The first kappa shape index (κ1) is 29.2. The molecule has 0 aromatic heterocycles. The van der Waals surface area contributed by atoms with Crippen LogP contribution in [0.1, 0.15) is 11.1 Å². The number of nitrogens with one attached hydrogen (secondary N) is 2. The van der Waals surface area contributed by atoms with Crippen molar-refractivity contribution in [3.8, 4) is 0 Å². The molecule has 0 aliphatic rings. The molecule has 4 nitrogen and oxygen atoms in total. The van der Waals surface area contributed by atoms with Crippen LogP contribution in [0.4, 0.5) is 61.5 Å². The number of carbonyl (C=O) groups excluding carboxylic acids is 2. The fraction of sp³-hybridized carbons (Fsp3) is 0.500. The molecule has 0 aliphatic carbocycles. The Bertz CT molecular complexity index is 817. The maximum Gasteiger partial charge on any atom is 0.460 e. The summed E-state index contributed by atoms with van der Waals surface area (Å²) in [6.45, 7) is -2.07. The molecule has 194 valence electrons. The number of alkyl halides is 14. The van der Waals surface area contributed by atoms with Crippen LogP contribution in [0, 0.1) is 0 Å². The average molecular weight is 528 g/mol. The third-order valence-electron chi connectivity index (χ3n) is 4.00. The molecular formula is C16H10F14N2O2. The van der Waals surface area contributed by atoms with Gasteiger partial charge in [0, 0.05) is 13.1 Å². The van der Waals surface area contributed by atoms with Crippen LogP contribution in [-0.2, 0) is 22.7 Å². The summed E-state index contributed by atoms with van der Waals surface area (Å²) in [5.41, 5.74) is -0.466. The van der Waals surface area contributed by atoms with Gasteiger partial charge in [-0.15, -0.1) is 0 Å². The molecule has 0 saturated heterocycles. The van der Waals surface area contributed by atoms with E-state index in [0.29, 0.717) is 0 Å². The van der Waals surface area contributed by atoms with Gasteiger partial charge in [0.25, 0.3) is 11.8 Å². The van der Waals surface area contributed by atoms with Crippen molar-refractivity contribution in [1.29, 1.82) is 0 Å². The number of hydrogen-bond donors (Lipinski definition) is 2. The fourth-order valence-corrected chi connectivity index (χ4v) is 2.00. The minimum Gasteiger partial charge on any atom is -0.347 e. The number of halogens is 14. The minimum atomic E-state index is -6.75. The molecule has 18 heteroatoms. The number of amides is 2. The molecule has 0 radical (unpaired) electrons. The molecule has 0 heterocycles. The molecule has 0 fully saturated rings. The number of benzene rings is 1. The highest BCUT2D eigenvalue weighted by Crippen LogP contribution is 2.47. The van der Waals surface area contributed by atoms with Gasteiger partial charge < -0.3 is 10.6 Å². The van der Waals surface area contributed by atoms with Crippen LogP contribution in [0.15, 0.2) is 24.3 Å². The van der Waals surface area contributed by atoms with E-state index in [4.69, 9.17) is 0 Å². The number of hydrogen-bond acceptors (Lipinski definition) is 2. The van der Waals surface area contributed by atoms with E-state index < -0.39 is 60.9 Å². The van der Waals surface area contributed by atoms with Gasteiger partial charge in [0.1, 0.15) is 0 Å². The van der Waals surface area contributed by atoms with E-state index in [9.17, 15) is 71.1 Å². The van der Waals surface area contributed by atoms with E-state index in [1.54, 1.807) is 0 Å². The lowest BCUT2D eigenvalue weighted by molar-refractivity contribution is -0.344. The number of carbonyl (C=O) groups is 2. The Balaban J connectivity index is 2.78. The largest absolute Gasteiger partial charge is 0.460 e. The van der Waals surface area contributed by atoms with E-state index >= 15 is 0 Å². The predicted molar refractivity (Wildman–Crippen MR) is 82.0 cm³/mol. The van der Waals surface area contributed by atoms with Crippen molar-refractivity contribution in [3.63, 3.8) is 0 Å². The first-order valence-electron chi connectivity index (χ1n) is 8.29. The summed E-state index contributed by atoms with van der Waals surface area (Å²) in [6, 6.07) is 3.41. The first-order valence-corrected chi connectivity index (χ1v) is 8.29. The summed E-state index contributed by atoms with van der Waals surface area (Å²) < 4.78 is 176. The van der Waals surface area contributed by atoms with Crippen molar-refractivity contribution in [2.24, 2.45) is 0 Å². The van der Waals surface area contributed by atoms with Crippen LogP contribution in [0.3, 0.4) is 0 Å². The normalized spacial score (nSPS) is 14.1. The van der Waals surface area contributed by atoms with Crippen molar-refractivity contribution >= 4 is 11.8 Å². The van der Waals surface area contributed by atoms with Gasteiger partial charge in [-0.2, -0.15) is 61.5 Å². The lowest BCUT2D eigenvalue weighted by atomic mass is 10.1. The first-order chi connectivity index (χ1) is 15.0. The minimum absolute atomic E-state index is 0.233. The second-order valence-corrected chi connectivity index (χ2v) is 6.47. The Morgan fingerprint density at radius 2 is 0.765 bits per heavy atom. The standard InChI is InChI=1S/C16H10F14N2O2/c17-11(18,13(21,22)15(25,26)27)9(33)31-5-7-1-2-8(4-3-7)6-32-10(34)12(19,20)14(23,24)16(28,29)30/h1-4H,5-6H2,(H,31,33)(H,32,34). The predicted octanol–water partition coefficient (Wildman–Crippen LogP) is 4.58. The summed E-state index contributed by atoms with van der Waals surface area (Å²) in [4.78, 5) is 22.2. The van der Waals surface area contributed by atoms with Gasteiger partial charge in [-0.25, -0.2) is 0 Å². The Morgan fingerprint density at radius 1 is 0.529 bits per heavy atom. The highest BCUT2D eigenvalue weighted by atomic mass is 19.4. The van der Waals surface area contributed by atoms with Gasteiger partial charge in [0.2, 0.25) is 0 Å². The van der Waals surface area contributed by atoms with E-state index in [1.807, 2.05) is 0 Å². The molecular weight excluding hydrogens is 518 g/mol. The molecule has 1 rings (SSSR count). The zero-order valence-corrected chi connectivity index (χ0v) is 15.8. The lowest BCUT2D eigenvalue weighted by Crippen LogP contribution is -2.59. The molecule has 34 heavy (non-hydrogen) atoms. The van der Waals surface area contributed by atoms with Crippen molar-refractivity contribution in [2.45, 2.75) is 49.1 Å². The van der Waals surface area contributed by atoms with Gasteiger partial charge in [0.05, 0.1) is 0 Å². The molecule has 2 amide bonds. The summed E-state index contributed by atoms with van der Waals surface area (Å²) in [5, 5.41) is 2.22. The van der Waals surface area contributed by atoms with E-state index in [1.165, 1.54) is 0 Å². The van der Waals surface area contributed by atoms with Crippen LogP contribution in [0.25, 0.3) is 0 Å². The molecule has 0 saturated carbocycles. The zero-order chi connectivity index (χ0) is 27.0. The average Bonchev–Trinajstić information content (AvgIpc) is 2.68. The van der Waals surface area contributed by atoms with Gasteiger partial charge in [0.15, 0.2) is 0 Å². The van der Waals surface area contributed by atoms with E-state index in [0.717, 1.165) is 34.9 Å². The Morgan fingerprint density at radius 3 is 0.971 bits per heavy atom. The molecule has 2 N–H and O–H groups in total. The van der Waals surface area contributed by atoms with Gasteiger partial charge in [-0.05, 0) is 11.1 Å². The van der Waals surface area contributed by atoms with Gasteiger partial charge >= 0.3 is 36.0 Å². The number of rotatable bonds is 8. The van der Waals surface area contributed by atoms with Crippen molar-refractivity contribution in [2.75, 3.05) is 0 Å². The van der Waals surface area contributed by atoms with Crippen LogP contribution < -0.4 is 10.6 Å². The zero-order valence-electron chi connectivity index (χ0n) is 15.8. The van der Waals surface area contributed by atoms with Gasteiger partial charge in [-0.1, -0.05) is 24.3 Å². The molecule has 1 aromatic carbocycles. The second kappa shape index (κ2) is 9.09. The fourth-order valence-electron chi connectivity index (χ4n) is 2.00. The quantitative estimate of drug-likeness (QED) is 0.486. The molecule has 0 atom stereocenters. The monoisotopic (exact) mass is 528 g/mol. The summed E-state index contributed by atoms with van der Waals surface area (Å²) in [6.07, 6.45) is -13.5. The smallest absolute Gasteiger partial charge is 0.347 e. The van der Waals surface area contributed by atoms with Crippen LogP contribution in [-0.4, -0.2) is 47.9 Å². The SMILES string of the molecule is O=C(NCc1ccc(CNC(=O)C(F)(F)C(F)(F)C(F)(F)F)cc1)C(F)(F)C(F)(F)C(F)(F)F. The molecule has 0 unspecified atom stereocenters. The third kappa shape index (κ3) is 5.45. The molecule has 0 bridgehead atoms. The summed E-state index contributed by atoms with van der Waals surface area (Å²) >= 11 is 0. The maximum absolute atomic E-state index is 13.2.